The van der Waals surface area contributed by atoms with E-state index in [1.165, 1.54) is 16.0 Å². The Kier molecular flexibility index (Phi) is 19.2. The predicted molar refractivity (Wildman–Crippen MR) is 186 cm³/mol. The summed E-state index contributed by atoms with van der Waals surface area (Å²) in [6, 6.07) is 26.8. The van der Waals surface area contributed by atoms with Crippen LogP contribution in [0.4, 0.5) is 11.4 Å². The van der Waals surface area contributed by atoms with Gasteiger partial charge in [0.1, 0.15) is 0 Å². The van der Waals surface area contributed by atoms with E-state index in [-0.39, 0.29) is 32.7 Å². The van der Waals surface area contributed by atoms with E-state index in [2.05, 4.69) is 77.0 Å². The third-order valence-electron chi connectivity index (χ3n) is 6.89. The van der Waals surface area contributed by atoms with E-state index in [1.807, 2.05) is 49.4 Å². The fourth-order valence-corrected chi connectivity index (χ4v) is 5.43. The molecule has 1 heterocycles. The fourth-order valence-electron chi connectivity index (χ4n) is 4.45. The molecule has 1 N–H and O–H groups in total. The van der Waals surface area contributed by atoms with Gasteiger partial charge >= 0.3 is 0 Å². The number of nitrogens with zero attached hydrogens (tertiary/aromatic N) is 4. The van der Waals surface area contributed by atoms with Gasteiger partial charge in [-0.3, -0.25) is 4.90 Å². The zero-order valence-electron chi connectivity index (χ0n) is 26.4. The molecule has 3 aromatic carbocycles. The van der Waals surface area contributed by atoms with Gasteiger partial charge in [-0.15, -0.1) is 18.8 Å². The van der Waals surface area contributed by atoms with E-state index in [4.69, 9.17) is 15.8 Å². The number of allylic oxidation sites excluding steroid dienone is 2. The summed E-state index contributed by atoms with van der Waals surface area (Å²) in [6.07, 6.45) is 6.87. The third kappa shape index (κ3) is 15.2. The molecule has 0 bridgehead atoms. The predicted octanol–water partition coefficient (Wildman–Crippen LogP) is 8.52. The molecule has 1 aliphatic heterocycles. The van der Waals surface area contributed by atoms with Crippen molar-refractivity contribution in [2.75, 3.05) is 64.9 Å². The van der Waals surface area contributed by atoms with Gasteiger partial charge in [-0.05, 0) is 53.9 Å². The van der Waals surface area contributed by atoms with Gasteiger partial charge in [0.05, 0.1) is 13.2 Å². The van der Waals surface area contributed by atoms with Crippen LogP contribution < -0.4 is 4.90 Å². The molecule has 6 nitrogen and oxygen atoms in total. The number of morpholine rings is 1. The molecule has 1 saturated heterocycles. The quantitative estimate of drug-likeness (QED) is 0.0912. The largest absolute Gasteiger partial charge is 0.699 e. The van der Waals surface area contributed by atoms with E-state index < -0.39 is 0 Å². The minimum absolute atomic E-state index is 0. The maximum atomic E-state index is 7.21. The first kappa shape index (κ1) is 38.0. The standard InChI is InChI=1S/C28H36N3OS.C8H11N2.Y/c1-3-9-25(4-2)23-31(24-27-10-6-5-7-11-27)33-28-14-12-26(13-15-28)22-29-16-8-17-30-18-20-32-21-19-30;1-10(2)8-5-3-7(9)4-6-8;/h3-7,9-15H,1-2,8,16-24H2;3-6,9H,1-2H3;/q2*-1;/b25-9+;;. The summed E-state index contributed by atoms with van der Waals surface area (Å²) in [5, 5.41) is 4.74. The molecule has 0 aromatic heterocycles. The van der Waals surface area contributed by atoms with E-state index in [0.29, 0.717) is 5.69 Å². The first-order valence-electron chi connectivity index (χ1n) is 14.9. The van der Waals surface area contributed by atoms with Crippen molar-refractivity contribution in [1.29, 1.82) is 0 Å². The Morgan fingerprint density at radius 2 is 1.64 bits per heavy atom. The van der Waals surface area contributed by atoms with Crippen molar-refractivity contribution in [3.05, 3.63) is 138 Å². The Hall–Kier alpha value is -2.23. The Morgan fingerprint density at radius 3 is 2.25 bits per heavy atom. The fraction of sp³-hybridized carbons (Fsp3) is 0.333. The van der Waals surface area contributed by atoms with Crippen molar-refractivity contribution in [3.63, 3.8) is 0 Å². The average molecular weight is 687 g/mol. The van der Waals surface area contributed by atoms with Crippen molar-refractivity contribution in [3.8, 4) is 0 Å². The molecule has 1 radical (unpaired) electrons. The third-order valence-corrected chi connectivity index (χ3v) is 7.88. The van der Waals surface area contributed by atoms with Crippen molar-refractivity contribution >= 4 is 23.3 Å². The molecule has 4 rings (SSSR count). The average Bonchev–Trinajstić information content (AvgIpc) is 3.03. The van der Waals surface area contributed by atoms with Crippen LogP contribution in [0.5, 0.6) is 0 Å². The van der Waals surface area contributed by atoms with Crippen LogP contribution in [0, 0.1) is 0 Å². The van der Waals surface area contributed by atoms with Crippen LogP contribution in [0.1, 0.15) is 17.5 Å². The second kappa shape index (κ2) is 22.3. The number of hydrogen-bond donors (Lipinski definition) is 0. The van der Waals surface area contributed by atoms with Gasteiger partial charge in [0.25, 0.3) is 0 Å². The van der Waals surface area contributed by atoms with Gasteiger partial charge in [-0.2, -0.15) is 0 Å². The molecule has 0 saturated carbocycles. The monoisotopic (exact) mass is 686 g/mol. The first-order chi connectivity index (χ1) is 21.0. The molecule has 0 atom stereocenters. The van der Waals surface area contributed by atoms with E-state index >= 15 is 0 Å². The summed E-state index contributed by atoms with van der Waals surface area (Å²) in [5.41, 5.74) is 12.6. The summed E-state index contributed by atoms with van der Waals surface area (Å²) >= 11 is 1.77. The van der Waals surface area contributed by atoms with Crippen LogP contribution in [0.3, 0.4) is 0 Å². The van der Waals surface area contributed by atoms with Gasteiger partial charge in [0, 0.05) is 83.6 Å². The number of hydrogen-bond acceptors (Lipinski definition) is 5. The maximum absolute atomic E-state index is 7.21. The minimum atomic E-state index is 0. The Bertz CT molecular complexity index is 1230. The van der Waals surface area contributed by atoms with Crippen molar-refractivity contribution in [1.82, 2.24) is 9.21 Å². The molecule has 0 aliphatic carbocycles. The van der Waals surface area contributed by atoms with Crippen molar-refractivity contribution < 1.29 is 37.4 Å². The Labute approximate surface area is 295 Å². The molecule has 1 aliphatic rings. The minimum Gasteiger partial charge on any atom is -0.699 e. The zero-order chi connectivity index (χ0) is 30.7. The van der Waals surface area contributed by atoms with Gasteiger partial charge in [0.15, 0.2) is 0 Å². The van der Waals surface area contributed by atoms with Crippen LogP contribution in [0.2, 0.25) is 0 Å². The number of rotatable bonds is 15. The van der Waals surface area contributed by atoms with E-state index in [1.54, 1.807) is 24.1 Å². The number of nitrogens with one attached hydrogen (secondary N) is 1. The molecular weight excluding hydrogens is 639 g/mol. The van der Waals surface area contributed by atoms with Gasteiger partial charge in [-0.1, -0.05) is 98.0 Å². The Morgan fingerprint density at radius 1 is 0.955 bits per heavy atom. The van der Waals surface area contributed by atoms with E-state index in [0.717, 1.165) is 76.7 Å². The van der Waals surface area contributed by atoms with Crippen LogP contribution in [0.15, 0.2) is 121 Å². The summed E-state index contributed by atoms with van der Waals surface area (Å²) in [4.78, 5) is 5.71. The van der Waals surface area contributed by atoms with Gasteiger partial charge in [-0.25, -0.2) is 4.31 Å². The first-order valence-corrected chi connectivity index (χ1v) is 15.7. The number of benzene rings is 3. The van der Waals surface area contributed by atoms with Crippen molar-refractivity contribution in [2.24, 2.45) is 0 Å². The van der Waals surface area contributed by atoms with Gasteiger partial charge in [0.2, 0.25) is 0 Å². The van der Waals surface area contributed by atoms with Crippen LogP contribution in [0.25, 0.3) is 11.1 Å². The Balaban J connectivity index is 0.000000521. The number of ether oxygens (including phenoxy) is 1. The molecule has 3 aromatic rings. The van der Waals surface area contributed by atoms with Crippen LogP contribution >= 0.6 is 11.9 Å². The summed E-state index contributed by atoms with van der Waals surface area (Å²) in [6.45, 7) is 16.1. The normalized spacial score (nSPS) is 13.4. The molecule has 44 heavy (non-hydrogen) atoms. The molecule has 0 unspecified atom stereocenters. The van der Waals surface area contributed by atoms with Crippen LogP contribution in [-0.4, -0.2) is 69.2 Å². The zero-order valence-corrected chi connectivity index (χ0v) is 30.1. The molecule has 8 heteroatoms. The molecule has 233 valence electrons. The molecular formula is C36H47N5OSY-2. The summed E-state index contributed by atoms with van der Waals surface area (Å²) in [5.74, 6) is 0. The smallest absolute Gasteiger partial charge is 0.0594 e. The molecule has 0 amide bonds. The second-order valence-corrected chi connectivity index (χ2v) is 11.7. The maximum Gasteiger partial charge on any atom is 0.0594 e. The SMILES string of the molecule is C=C/C=C(\C=C)CN(Cc1ccccc1)Sc1ccc(C[N-]CCCN2CCOCC2)cc1.CN(C)c1ccc([NH-])cc1.[Y]. The van der Waals surface area contributed by atoms with Gasteiger partial charge < -0.3 is 20.7 Å². The summed E-state index contributed by atoms with van der Waals surface area (Å²) in [7, 11) is 3.97. The van der Waals surface area contributed by atoms with E-state index in [9.17, 15) is 0 Å². The molecule has 0 spiro atoms. The topological polar surface area (TPSA) is 56.9 Å². The molecule has 1 fully saturated rings. The summed E-state index contributed by atoms with van der Waals surface area (Å²) < 4.78 is 7.76. The van der Waals surface area contributed by atoms with Crippen molar-refractivity contribution in [2.45, 2.75) is 24.4 Å². The second-order valence-electron chi connectivity index (χ2n) is 10.6. The number of anilines is 1. The van der Waals surface area contributed by atoms with Crippen LogP contribution in [-0.2, 0) is 50.5 Å².